The minimum atomic E-state index is 0.671. The molecule has 0 atom stereocenters. The quantitative estimate of drug-likeness (QED) is 0.342. The maximum absolute atomic E-state index is 5.88. The van der Waals surface area contributed by atoms with Crippen molar-refractivity contribution in [2.75, 3.05) is 23.8 Å². The first-order chi connectivity index (χ1) is 15.7. The van der Waals surface area contributed by atoms with Gasteiger partial charge < -0.3 is 20.1 Å². The number of nitrogens with zero attached hydrogens (tertiary/aromatic N) is 2. The topological polar surface area (TPSA) is 68.3 Å². The van der Waals surface area contributed by atoms with Crippen LogP contribution in [0.5, 0.6) is 11.5 Å². The summed E-state index contributed by atoms with van der Waals surface area (Å²) in [6.45, 7) is 2.14. The van der Waals surface area contributed by atoms with Crippen LogP contribution in [0.15, 0.2) is 71.5 Å². The molecule has 32 heavy (non-hydrogen) atoms. The largest absolute Gasteiger partial charge is 0.490 e. The molecule has 2 heterocycles. The molecular weight excluding hydrogens is 468 g/mol. The van der Waals surface area contributed by atoms with Gasteiger partial charge in [0.15, 0.2) is 11.5 Å². The predicted molar refractivity (Wildman–Crippen MR) is 131 cm³/mol. The minimum absolute atomic E-state index is 0.671. The van der Waals surface area contributed by atoms with E-state index in [0.717, 1.165) is 75.7 Å². The molecule has 0 saturated heterocycles. The molecule has 4 aromatic rings. The number of halogens is 1. The average Bonchev–Trinajstić information content (AvgIpc) is 2.79. The number of hydrogen-bond donors (Lipinski definition) is 2. The second-order valence-corrected chi connectivity index (χ2v) is 8.54. The zero-order chi connectivity index (χ0) is 21.8. The van der Waals surface area contributed by atoms with E-state index in [9.17, 15) is 0 Å². The monoisotopic (exact) mass is 490 g/mol. The summed E-state index contributed by atoms with van der Waals surface area (Å²) in [6, 6.07) is 20.2. The molecular formula is C25H23BrN4O2. The molecule has 0 radical (unpaired) electrons. The zero-order valence-corrected chi connectivity index (χ0v) is 19.1. The van der Waals surface area contributed by atoms with Crippen LogP contribution in [0, 0.1) is 0 Å². The van der Waals surface area contributed by atoms with Crippen LogP contribution in [0.4, 0.5) is 17.2 Å². The van der Waals surface area contributed by atoms with Gasteiger partial charge in [0.25, 0.3) is 0 Å². The van der Waals surface area contributed by atoms with Crippen molar-refractivity contribution < 1.29 is 9.47 Å². The number of aromatic nitrogens is 2. The smallest absolute Gasteiger partial charge is 0.161 e. The van der Waals surface area contributed by atoms with Gasteiger partial charge in [-0.3, -0.25) is 0 Å². The molecule has 1 aliphatic heterocycles. The normalized spacial score (nSPS) is 13.3. The van der Waals surface area contributed by atoms with Gasteiger partial charge in [-0.25, -0.2) is 9.97 Å². The maximum Gasteiger partial charge on any atom is 0.161 e. The van der Waals surface area contributed by atoms with Crippen molar-refractivity contribution >= 4 is 44.0 Å². The number of anilines is 3. The fraction of sp³-hybridized carbons (Fsp3) is 0.200. The van der Waals surface area contributed by atoms with Crippen LogP contribution in [-0.2, 0) is 6.54 Å². The van der Waals surface area contributed by atoms with E-state index >= 15 is 0 Å². The molecule has 0 saturated carbocycles. The van der Waals surface area contributed by atoms with Crippen molar-refractivity contribution in [3.63, 3.8) is 0 Å². The van der Waals surface area contributed by atoms with E-state index < -0.39 is 0 Å². The van der Waals surface area contributed by atoms with Gasteiger partial charge >= 0.3 is 0 Å². The second-order valence-electron chi connectivity index (χ2n) is 7.63. The Morgan fingerprint density at radius 3 is 2.59 bits per heavy atom. The Labute approximate surface area is 195 Å². The van der Waals surface area contributed by atoms with Gasteiger partial charge in [0.2, 0.25) is 0 Å². The van der Waals surface area contributed by atoms with Crippen molar-refractivity contribution in [3.05, 3.63) is 77.0 Å². The van der Waals surface area contributed by atoms with Crippen molar-refractivity contribution in [1.82, 2.24) is 9.97 Å². The number of nitrogens with one attached hydrogen (secondary N) is 2. The third kappa shape index (κ3) is 4.78. The maximum atomic E-state index is 5.88. The van der Waals surface area contributed by atoms with Gasteiger partial charge in [0.05, 0.1) is 18.7 Å². The third-order valence-corrected chi connectivity index (χ3v) is 5.77. The first kappa shape index (κ1) is 20.6. The van der Waals surface area contributed by atoms with E-state index in [1.807, 2.05) is 42.5 Å². The molecule has 0 spiro atoms. The Morgan fingerprint density at radius 2 is 1.72 bits per heavy atom. The van der Waals surface area contributed by atoms with Crippen LogP contribution in [-0.4, -0.2) is 23.2 Å². The van der Waals surface area contributed by atoms with E-state index in [1.54, 1.807) is 6.33 Å². The Kier molecular flexibility index (Phi) is 6.07. The van der Waals surface area contributed by atoms with Crippen LogP contribution in [0.25, 0.3) is 10.9 Å². The molecule has 7 heteroatoms. The van der Waals surface area contributed by atoms with E-state index in [-0.39, 0.29) is 0 Å². The average molecular weight is 491 g/mol. The van der Waals surface area contributed by atoms with Crippen molar-refractivity contribution in [3.8, 4) is 11.5 Å². The minimum Gasteiger partial charge on any atom is -0.490 e. The summed E-state index contributed by atoms with van der Waals surface area (Å²) in [7, 11) is 0. The number of fused-ring (bicyclic) bond motifs is 2. The molecule has 0 fully saturated rings. The van der Waals surface area contributed by atoms with Crippen LogP contribution in [0.3, 0.4) is 0 Å². The number of hydrogen-bond acceptors (Lipinski definition) is 6. The highest BCUT2D eigenvalue weighted by molar-refractivity contribution is 9.10. The van der Waals surface area contributed by atoms with Crippen molar-refractivity contribution in [2.24, 2.45) is 0 Å². The number of benzene rings is 3. The fourth-order valence-corrected chi connectivity index (χ4v) is 4.04. The predicted octanol–water partition coefficient (Wildman–Crippen LogP) is 6.30. The van der Waals surface area contributed by atoms with Crippen LogP contribution < -0.4 is 20.1 Å². The molecule has 1 aromatic heterocycles. The van der Waals surface area contributed by atoms with Gasteiger partial charge in [0, 0.05) is 27.8 Å². The van der Waals surface area contributed by atoms with E-state index in [1.165, 1.54) is 0 Å². The number of ether oxygens (including phenoxy) is 2. The van der Waals surface area contributed by atoms with Gasteiger partial charge in [-0.15, -0.1) is 0 Å². The lowest BCUT2D eigenvalue weighted by molar-refractivity contribution is 0.223. The van der Waals surface area contributed by atoms with Crippen LogP contribution in [0.2, 0.25) is 0 Å². The highest BCUT2D eigenvalue weighted by Gasteiger charge is 2.10. The fourth-order valence-electron chi connectivity index (χ4n) is 3.64. The zero-order valence-electron chi connectivity index (χ0n) is 17.5. The molecule has 6 nitrogen and oxygen atoms in total. The summed E-state index contributed by atoms with van der Waals surface area (Å²) in [5, 5.41) is 7.85. The van der Waals surface area contributed by atoms with Crippen LogP contribution in [0.1, 0.15) is 18.4 Å². The molecule has 0 aliphatic carbocycles. The Balaban J connectivity index is 1.35. The third-order valence-electron chi connectivity index (χ3n) is 5.28. The molecule has 0 unspecified atom stereocenters. The second kappa shape index (κ2) is 9.44. The lowest BCUT2D eigenvalue weighted by Crippen LogP contribution is -2.09. The summed E-state index contributed by atoms with van der Waals surface area (Å²) in [6.07, 6.45) is 3.61. The molecule has 3 aromatic carbocycles. The lowest BCUT2D eigenvalue weighted by atomic mass is 10.1. The highest BCUT2D eigenvalue weighted by Crippen LogP contribution is 2.31. The standard InChI is InChI=1S/C25H23BrN4O2/c26-18-4-3-5-20(13-18)30-25-21-14-19(7-8-22(21)28-16-29-25)27-15-17-6-9-23-24(12-17)32-11-2-1-10-31-23/h3-9,12-14,16,27H,1-2,10-11,15H2,(H,28,29,30). The summed E-state index contributed by atoms with van der Waals surface area (Å²) >= 11 is 3.51. The Morgan fingerprint density at radius 1 is 0.844 bits per heavy atom. The van der Waals surface area contributed by atoms with E-state index in [0.29, 0.717) is 6.54 Å². The molecule has 0 bridgehead atoms. The molecule has 5 rings (SSSR count). The number of rotatable bonds is 5. The first-order valence-electron chi connectivity index (χ1n) is 10.6. The van der Waals surface area contributed by atoms with Gasteiger partial charge in [-0.1, -0.05) is 28.1 Å². The summed E-state index contributed by atoms with van der Waals surface area (Å²) < 4.78 is 12.7. The molecule has 0 amide bonds. The summed E-state index contributed by atoms with van der Waals surface area (Å²) in [4.78, 5) is 8.87. The Bertz CT molecular complexity index is 1250. The van der Waals surface area contributed by atoms with Crippen molar-refractivity contribution in [1.29, 1.82) is 0 Å². The van der Waals surface area contributed by atoms with Gasteiger partial charge in [-0.05, 0) is 66.9 Å². The molecule has 2 N–H and O–H groups in total. The van der Waals surface area contributed by atoms with E-state index in [4.69, 9.17) is 9.47 Å². The first-order valence-corrected chi connectivity index (χ1v) is 11.4. The molecule has 162 valence electrons. The lowest BCUT2D eigenvalue weighted by Gasteiger charge is -2.17. The summed E-state index contributed by atoms with van der Waals surface area (Å²) in [5.74, 6) is 2.40. The van der Waals surface area contributed by atoms with Gasteiger partial charge in [-0.2, -0.15) is 0 Å². The van der Waals surface area contributed by atoms with Crippen molar-refractivity contribution in [2.45, 2.75) is 19.4 Å². The highest BCUT2D eigenvalue weighted by atomic mass is 79.9. The van der Waals surface area contributed by atoms with Gasteiger partial charge in [0.1, 0.15) is 12.1 Å². The SMILES string of the molecule is Brc1cccc(Nc2ncnc3ccc(NCc4ccc5c(c4)OCCCCO5)cc23)c1. The molecule has 1 aliphatic rings. The Hall–Kier alpha value is -3.32. The van der Waals surface area contributed by atoms with Crippen LogP contribution >= 0.6 is 15.9 Å². The summed E-state index contributed by atoms with van der Waals surface area (Å²) in [5.41, 5.74) is 3.97. The van der Waals surface area contributed by atoms with E-state index in [2.05, 4.69) is 54.7 Å².